The van der Waals surface area contributed by atoms with Crippen LogP contribution in [-0.2, 0) is 4.57 Å². The van der Waals surface area contributed by atoms with Crippen LogP contribution in [0.15, 0.2) is 60.7 Å². The number of hydrogen-bond donors (Lipinski definition) is 0. The van der Waals surface area contributed by atoms with Gasteiger partial charge in [-0.1, -0.05) is 67.6 Å². The van der Waals surface area contributed by atoms with Gasteiger partial charge in [-0.05, 0) is 12.8 Å². The molecule has 0 saturated heterocycles. The SMILES string of the molecule is CCCC#CCCCP(=O)(c1ccccc1)c1ccccc1. The molecule has 2 heteroatoms. The van der Waals surface area contributed by atoms with Gasteiger partial charge < -0.3 is 4.57 Å². The molecule has 2 aromatic rings. The third-order valence-electron chi connectivity index (χ3n) is 3.62. The highest BCUT2D eigenvalue weighted by molar-refractivity contribution is 7.78. The molecule has 0 aliphatic rings. The van der Waals surface area contributed by atoms with Crippen molar-refractivity contribution in [1.29, 1.82) is 0 Å². The van der Waals surface area contributed by atoms with Crippen molar-refractivity contribution in [1.82, 2.24) is 0 Å². The summed E-state index contributed by atoms with van der Waals surface area (Å²) in [4.78, 5) is 0. The Labute approximate surface area is 134 Å². The Hall–Kier alpha value is -1.77. The van der Waals surface area contributed by atoms with Crippen LogP contribution in [0.3, 0.4) is 0 Å². The van der Waals surface area contributed by atoms with Crippen LogP contribution in [0.4, 0.5) is 0 Å². The molecule has 0 fully saturated rings. The Morgan fingerprint density at radius 2 is 1.32 bits per heavy atom. The van der Waals surface area contributed by atoms with E-state index in [0.717, 1.165) is 36.3 Å². The second-order valence-corrected chi connectivity index (χ2v) is 8.30. The molecule has 0 spiro atoms. The van der Waals surface area contributed by atoms with Crippen LogP contribution in [0.5, 0.6) is 0 Å². The molecule has 0 atom stereocenters. The predicted octanol–water partition coefficient (Wildman–Crippen LogP) is 4.58. The molecule has 114 valence electrons. The van der Waals surface area contributed by atoms with Gasteiger partial charge in [0, 0.05) is 29.6 Å². The summed E-state index contributed by atoms with van der Waals surface area (Å²) in [5.74, 6) is 6.35. The van der Waals surface area contributed by atoms with E-state index in [1.165, 1.54) is 0 Å². The second-order valence-electron chi connectivity index (χ2n) is 5.34. The van der Waals surface area contributed by atoms with Crippen molar-refractivity contribution in [2.24, 2.45) is 0 Å². The molecular formula is C20H23OP. The first kappa shape index (κ1) is 16.6. The highest BCUT2D eigenvalue weighted by Gasteiger charge is 2.25. The van der Waals surface area contributed by atoms with E-state index in [-0.39, 0.29) is 0 Å². The number of hydrogen-bond acceptors (Lipinski definition) is 1. The Morgan fingerprint density at radius 1 is 0.818 bits per heavy atom. The number of unbranched alkanes of at least 4 members (excludes halogenated alkanes) is 2. The van der Waals surface area contributed by atoms with Gasteiger partial charge in [0.15, 0.2) is 0 Å². The molecule has 0 aliphatic heterocycles. The molecule has 2 aromatic carbocycles. The summed E-state index contributed by atoms with van der Waals surface area (Å²) in [6.07, 6.45) is 4.43. The van der Waals surface area contributed by atoms with Gasteiger partial charge >= 0.3 is 0 Å². The van der Waals surface area contributed by atoms with Crippen LogP contribution in [0.1, 0.15) is 32.6 Å². The van der Waals surface area contributed by atoms with Crippen molar-refractivity contribution in [3.05, 3.63) is 60.7 Å². The van der Waals surface area contributed by atoms with E-state index in [2.05, 4.69) is 18.8 Å². The smallest absolute Gasteiger partial charge is 0.143 e. The van der Waals surface area contributed by atoms with Crippen LogP contribution in [0, 0.1) is 11.8 Å². The minimum atomic E-state index is -2.55. The third kappa shape index (κ3) is 4.36. The predicted molar refractivity (Wildman–Crippen MR) is 96.5 cm³/mol. The molecule has 1 nitrogen and oxygen atoms in total. The standard InChI is InChI=1S/C20H23OP/c1-2-3-4-5-6-13-18-22(21,19-14-9-7-10-15-19)20-16-11-8-12-17-20/h7-12,14-17H,2-3,6,13,18H2,1H3. The van der Waals surface area contributed by atoms with Crippen molar-refractivity contribution < 1.29 is 4.57 Å². The largest absolute Gasteiger partial charge is 0.314 e. The van der Waals surface area contributed by atoms with Gasteiger partial charge in [-0.2, -0.15) is 0 Å². The van der Waals surface area contributed by atoms with Crippen molar-refractivity contribution in [2.45, 2.75) is 32.6 Å². The fraction of sp³-hybridized carbons (Fsp3) is 0.300. The van der Waals surface area contributed by atoms with Gasteiger partial charge in [-0.25, -0.2) is 0 Å². The first-order valence-corrected chi connectivity index (χ1v) is 9.82. The van der Waals surface area contributed by atoms with E-state index in [4.69, 9.17) is 0 Å². The minimum Gasteiger partial charge on any atom is -0.314 e. The van der Waals surface area contributed by atoms with Crippen LogP contribution < -0.4 is 10.6 Å². The zero-order valence-electron chi connectivity index (χ0n) is 13.2. The molecule has 22 heavy (non-hydrogen) atoms. The fourth-order valence-corrected chi connectivity index (χ4v) is 5.16. The van der Waals surface area contributed by atoms with E-state index in [0.29, 0.717) is 6.16 Å². The summed E-state index contributed by atoms with van der Waals surface area (Å²) in [5, 5.41) is 1.89. The van der Waals surface area contributed by atoms with E-state index in [1.54, 1.807) is 0 Å². The summed E-state index contributed by atoms with van der Waals surface area (Å²) in [6.45, 7) is 2.13. The highest BCUT2D eigenvalue weighted by Crippen LogP contribution is 2.44. The van der Waals surface area contributed by atoms with Crippen molar-refractivity contribution in [2.75, 3.05) is 6.16 Å². The summed E-state index contributed by atoms with van der Waals surface area (Å²) in [5.41, 5.74) is 0. The van der Waals surface area contributed by atoms with Crippen molar-refractivity contribution in [3.63, 3.8) is 0 Å². The first-order chi connectivity index (χ1) is 10.8. The third-order valence-corrected chi connectivity index (χ3v) is 6.83. The fourth-order valence-electron chi connectivity index (χ4n) is 2.44. The summed E-state index contributed by atoms with van der Waals surface area (Å²) >= 11 is 0. The van der Waals surface area contributed by atoms with Gasteiger partial charge in [0.1, 0.15) is 7.14 Å². The van der Waals surface area contributed by atoms with E-state index >= 15 is 0 Å². The molecule has 0 radical (unpaired) electrons. The average molecular weight is 310 g/mol. The van der Waals surface area contributed by atoms with E-state index < -0.39 is 7.14 Å². The normalized spacial score (nSPS) is 10.8. The molecule has 0 aromatic heterocycles. The van der Waals surface area contributed by atoms with Gasteiger partial charge in [-0.15, -0.1) is 11.8 Å². The maximum atomic E-state index is 13.7. The zero-order chi connectivity index (χ0) is 15.7. The Balaban J connectivity index is 2.17. The van der Waals surface area contributed by atoms with Crippen LogP contribution in [0.25, 0.3) is 0 Å². The summed E-state index contributed by atoms with van der Waals surface area (Å²) in [6, 6.07) is 19.7. The lowest BCUT2D eigenvalue weighted by Crippen LogP contribution is -2.18. The summed E-state index contributed by atoms with van der Waals surface area (Å²) in [7, 11) is -2.55. The lowest BCUT2D eigenvalue weighted by Gasteiger charge is -2.18. The van der Waals surface area contributed by atoms with Gasteiger partial charge in [-0.3, -0.25) is 0 Å². The molecule has 0 heterocycles. The van der Waals surface area contributed by atoms with Crippen LogP contribution in [0.2, 0.25) is 0 Å². The number of benzene rings is 2. The molecule has 0 unspecified atom stereocenters. The summed E-state index contributed by atoms with van der Waals surface area (Å²) < 4.78 is 13.7. The maximum Gasteiger partial charge on any atom is 0.143 e. The van der Waals surface area contributed by atoms with E-state index in [9.17, 15) is 4.57 Å². The lowest BCUT2D eigenvalue weighted by molar-refractivity contribution is 0.585. The second kappa shape index (κ2) is 8.62. The topological polar surface area (TPSA) is 17.1 Å². The zero-order valence-corrected chi connectivity index (χ0v) is 14.1. The average Bonchev–Trinajstić information content (AvgIpc) is 2.59. The van der Waals surface area contributed by atoms with Crippen LogP contribution in [-0.4, -0.2) is 6.16 Å². The van der Waals surface area contributed by atoms with Gasteiger partial charge in [0.05, 0.1) is 0 Å². The quantitative estimate of drug-likeness (QED) is 0.433. The number of rotatable bonds is 6. The molecule has 2 rings (SSSR count). The van der Waals surface area contributed by atoms with Crippen molar-refractivity contribution in [3.8, 4) is 11.8 Å². The van der Waals surface area contributed by atoms with Crippen LogP contribution >= 0.6 is 7.14 Å². The molecule has 0 amide bonds. The monoisotopic (exact) mass is 310 g/mol. The molecular weight excluding hydrogens is 287 g/mol. The first-order valence-electron chi connectivity index (χ1n) is 7.93. The maximum absolute atomic E-state index is 13.7. The minimum absolute atomic E-state index is 0.682. The van der Waals surface area contributed by atoms with Gasteiger partial charge in [0.2, 0.25) is 0 Å². The van der Waals surface area contributed by atoms with E-state index in [1.807, 2.05) is 60.7 Å². The van der Waals surface area contributed by atoms with Gasteiger partial charge in [0.25, 0.3) is 0 Å². The highest BCUT2D eigenvalue weighted by atomic mass is 31.2. The molecule has 0 saturated carbocycles. The Morgan fingerprint density at radius 3 is 1.82 bits per heavy atom. The van der Waals surface area contributed by atoms with Crippen molar-refractivity contribution >= 4 is 17.8 Å². The Kier molecular flexibility index (Phi) is 6.50. The molecule has 0 bridgehead atoms. The molecule has 0 N–H and O–H groups in total. The Bertz CT molecular complexity index is 622. The molecule has 0 aliphatic carbocycles. The lowest BCUT2D eigenvalue weighted by atomic mass is 10.3.